The van der Waals surface area contributed by atoms with Crippen molar-refractivity contribution in [1.82, 2.24) is 15.0 Å². The number of nitro groups is 1. The number of hydrogen-bond donors (Lipinski definition) is 0. The van der Waals surface area contributed by atoms with Gasteiger partial charge >= 0.3 is 11.6 Å². The number of fused-ring (bicyclic) bond motifs is 1. The number of ether oxygens (including phenoxy) is 1. The fraction of sp³-hybridized carbons (Fsp3) is 0.235. The lowest BCUT2D eigenvalue weighted by molar-refractivity contribution is -0.385. The van der Waals surface area contributed by atoms with Crippen LogP contribution < -0.4 is 9.64 Å². The van der Waals surface area contributed by atoms with Crippen molar-refractivity contribution in [2.45, 2.75) is 12.8 Å². The molecule has 0 atom stereocenters. The standard InChI is InChI=1S/C17H15N5O3/c23-22(24)15-16(21-9-1-2-10-21)19-11-20-17(15)25-13-7-3-5-12-6-4-8-18-14(12)13/h3-8,11H,1-2,9-10H2. The number of rotatable bonds is 4. The Morgan fingerprint density at radius 3 is 2.68 bits per heavy atom. The zero-order valence-corrected chi connectivity index (χ0v) is 13.3. The molecule has 2 aromatic heterocycles. The van der Waals surface area contributed by atoms with Crippen molar-refractivity contribution in [3.05, 3.63) is 53.0 Å². The van der Waals surface area contributed by atoms with Gasteiger partial charge in [-0.25, -0.2) is 4.98 Å². The molecule has 8 nitrogen and oxygen atoms in total. The first-order valence-corrected chi connectivity index (χ1v) is 8.00. The van der Waals surface area contributed by atoms with Gasteiger partial charge in [0.15, 0.2) is 5.75 Å². The number of para-hydroxylation sites is 1. The van der Waals surface area contributed by atoms with Crippen LogP contribution in [0.5, 0.6) is 11.6 Å². The van der Waals surface area contributed by atoms with Gasteiger partial charge in [0, 0.05) is 24.7 Å². The summed E-state index contributed by atoms with van der Waals surface area (Å²) in [6.45, 7) is 1.49. The first-order valence-electron chi connectivity index (χ1n) is 8.00. The maximum absolute atomic E-state index is 11.7. The number of benzene rings is 1. The lowest BCUT2D eigenvalue weighted by atomic mass is 10.2. The molecule has 3 heterocycles. The van der Waals surface area contributed by atoms with E-state index < -0.39 is 4.92 Å². The van der Waals surface area contributed by atoms with Gasteiger partial charge in [0.1, 0.15) is 11.8 Å². The third-order valence-electron chi connectivity index (χ3n) is 4.16. The van der Waals surface area contributed by atoms with E-state index in [-0.39, 0.29) is 11.6 Å². The molecule has 1 aliphatic heterocycles. The topological polar surface area (TPSA) is 94.3 Å². The highest BCUT2D eigenvalue weighted by Crippen LogP contribution is 2.38. The van der Waals surface area contributed by atoms with Gasteiger partial charge < -0.3 is 9.64 Å². The quantitative estimate of drug-likeness (QED) is 0.532. The normalized spacial score (nSPS) is 14.0. The molecule has 25 heavy (non-hydrogen) atoms. The van der Waals surface area contributed by atoms with Gasteiger partial charge in [0.25, 0.3) is 0 Å². The minimum absolute atomic E-state index is 0.0694. The second kappa shape index (κ2) is 6.31. The zero-order valence-electron chi connectivity index (χ0n) is 13.3. The maximum Gasteiger partial charge on any atom is 0.373 e. The summed E-state index contributed by atoms with van der Waals surface area (Å²) < 4.78 is 5.80. The Bertz CT molecular complexity index is 935. The minimum atomic E-state index is -0.485. The smallest absolute Gasteiger partial charge is 0.373 e. The molecule has 0 spiro atoms. The van der Waals surface area contributed by atoms with Crippen LogP contribution >= 0.6 is 0 Å². The van der Waals surface area contributed by atoms with Crippen molar-refractivity contribution in [3.63, 3.8) is 0 Å². The molecule has 126 valence electrons. The van der Waals surface area contributed by atoms with E-state index in [9.17, 15) is 10.1 Å². The lowest BCUT2D eigenvalue weighted by Crippen LogP contribution is -2.20. The van der Waals surface area contributed by atoms with Gasteiger partial charge in [-0.1, -0.05) is 18.2 Å². The lowest BCUT2D eigenvalue weighted by Gasteiger charge is -2.16. The maximum atomic E-state index is 11.7. The van der Waals surface area contributed by atoms with E-state index in [0.29, 0.717) is 17.1 Å². The highest BCUT2D eigenvalue weighted by molar-refractivity contribution is 5.84. The zero-order chi connectivity index (χ0) is 17.2. The summed E-state index contributed by atoms with van der Waals surface area (Å²) in [6, 6.07) is 9.16. The van der Waals surface area contributed by atoms with Crippen LogP contribution in [0.3, 0.4) is 0 Å². The van der Waals surface area contributed by atoms with E-state index in [1.54, 1.807) is 12.3 Å². The second-order valence-electron chi connectivity index (χ2n) is 5.74. The molecular weight excluding hydrogens is 322 g/mol. The number of hydrogen-bond acceptors (Lipinski definition) is 7. The summed E-state index contributed by atoms with van der Waals surface area (Å²) >= 11 is 0. The van der Waals surface area contributed by atoms with Gasteiger partial charge in [0.05, 0.1) is 4.92 Å². The molecule has 0 bridgehead atoms. The van der Waals surface area contributed by atoms with E-state index in [2.05, 4.69) is 15.0 Å². The van der Waals surface area contributed by atoms with Crippen molar-refractivity contribution < 1.29 is 9.66 Å². The van der Waals surface area contributed by atoms with E-state index in [4.69, 9.17) is 4.74 Å². The van der Waals surface area contributed by atoms with Crippen LogP contribution in [0.1, 0.15) is 12.8 Å². The number of anilines is 1. The van der Waals surface area contributed by atoms with Crippen LogP contribution in [0.2, 0.25) is 0 Å². The summed E-state index contributed by atoms with van der Waals surface area (Å²) in [5, 5.41) is 12.5. The third kappa shape index (κ3) is 2.82. The Hall–Kier alpha value is -3.29. The van der Waals surface area contributed by atoms with Gasteiger partial charge in [0.2, 0.25) is 5.82 Å². The Kier molecular flexibility index (Phi) is 3.85. The molecule has 0 radical (unpaired) electrons. The predicted octanol–water partition coefficient (Wildman–Crippen LogP) is 3.33. The molecule has 1 aliphatic rings. The number of nitrogens with zero attached hydrogens (tertiary/aromatic N) is 5. The van der Waals surface area contributed by atoms with Gasteiger partial charge in [-0.2, -0.15) is 4.98 Å². The summed E-state index contributed by atoms with van der Waals surface area (Å²) in [4.78, 5) is 25.5. The molecule has 1 aromatic carbocycles. The van der Waals surface area contributed by atoms with Crippen LogP contribution in [0.4, 0.5) is 11.5 Å². The Morgan fingerprint density at radius 1 is 1.08 bits per heavy atom. The summed E-state index contributed by atoms with van der Waals surface area (Å²) in [5.41, 5.74) is 0.415. The Balaban J connectivity index is 1.79. The van der Waals surface area contributed by atoms with Crippen molar-refractivity contribution in [2.24, 2.45) is 0 Å². The molecule has 0 saturated carbocycles. The fourth-order valence-electron chi connectivity index (χ4n) is 3.01. The summed E-state index contributed by atoms with van der Waals surface area (Å²) in [5.74, 6) is 0.660. The Morgan fingerprint density at radius 2 is 1.88 bits per heavy atom. The molecule has 0 amide bonds. The van der Waals surface area contributed by atoms with E-state index in [1.165, 1.54) is 6.33 Å². The molecule has 8 heteroatoms. The van der Waals surface area contributed by atoms with Crippen LogP contribution in [-0.2, 0) is 0 Å². The molecule has 4 rings (SSSR count). The molecule has 3 aromatic rings. The summed E-state index contributed by atoms with van der Waals surface area (Å²) in [7, 11) is 0. The van der Waals surface area contributed by atoms with E-state index in [0.717, 1.165) is 31.3 Å². The minimum Gasteiger partial charge on any atom is -0.431 e. The molecule has 0 N–H and O–H groups in total. The first kappa shape index (κ1) is 15.3. The Labute approximate surface area is 143 Å². The van der Waals surface area contributed by atoms with Gasteiger partial charge in [-0.05, 0) is 25.0 Å². The second-order valence-corrected chi connectivity index (χ2v) is 5.74. The molecule has 1 saturated heterocycles. The van der Waals surface area contributed by atoms with Crippen LogP contribution in [0.25, 0.3) is 10.9 Å². The largest absolute Gasteiger partial charge is 0.431 e. The summed E-state index contributed by atoms with van der Waals surface area (Å²) in [6.07, 6.45) is 4.93. The monoisotopic (exact) mass is 337 g/mol. The van der Waals surface area contributed by atoms with Crippen LogP contribution in [-0.4, -0.2) is 33.0 Å². The molecule has 0 aliphatic carbocycles. The fourth-order valence-corrected chi connectivity index (χ4v) is 3.01. The third-order valence-corrected chi connectivity index (χ3v) is 4.16. The molecule has 1 fully saturated rings. The number of aromatic nitrogens is 3. The van der Waals surface area contributed by atoms with Crippen molar-refractivity contribution >= 4 is 22.4 Å². The molecule has 0 unspecified atom stereocenters. The first-order chi connectivity index (χ1) is 12.2. The van der Waals surface area contributed by atoms with E-state index in [1.807, 2.05) is 29.2 Å². The average molecular weight is 337 g/mol. The van der Waals surface area contributed by atoms with Crippen molar-refractivity contribution in [2.75, 3.05) is 18.0 Å². The van der Waals surface area contributed by atoms with Gasteiger partial charge in [-0.3, -0.25) is 15.1 Å². The highest BCUT2D eigenvalue weighted by Gasteiger charge is 2.30. The van der Waals surface area contributed by atoms with Crippen LogP contribution in [0, 0.1) is 10.1 Å². The SMILES string of the molecule is O=[N+]([O-])c1c(Oc2cccc3cccnc23)ncnc1N1CCCC1. The van der Waals surface area contributed by atoms with Crippen molar-refractivity contribution in [1.29, 1.82) is 0 Å². The van der Waals surface area contributed by atoms with Gasteiger partial charge in [-0.15, -0.1) is 0 Å². The molecular formula is C17H15N5O3. The average Bonchev–Trinajstić information content (AvgIpc) is 3.16. The van der Waals surface area contributed by atoms with E-state index >= 15 is 0 Å². The highest BCUT2D eigenvalue weighted by atomic mass is 16.6. The predicted molar refractivity (Wildman–Crippen MR) is 92.0 cm³/mol. The number of pyridine rings is 1. The van der Waals surface area contributed by atoms with Crippen molar-refractivity contribution in [3.8, 4) is 11.6 Å². The van der Waals surface area contributed by atoms with Crippen LogP contribution in [0.15, 0.2) is 42.9 Å².